The number of amides is 2. The Kier molecular flexibility index (Phi) is 6.76. The van der Waals surface area contributed by atoms with Crippen molar-refractivity contribution in [2.45, 2.75) is 37.6 Å². The summed E-state index contributed by atoms with van der Waals surface area (Å²) in [5.74, 6) is -0.518. The fourth-order valence-corrected chi connectivity index (χ4v) is 3.07. The number of rotatable bonds is 5. The molecule has 26 heavy (non-hydrogen) atoms. The van der Waals surface area contributed by atoms with Gasteiger partial charge >= 0.3 is 0 Å². The van der Waals surface area contributed by atoms with E-state index in [2.05, 4.69) is 15.7 Å². The third kappa shape index (κ3) is 4.83. The lowest BCUT2D eigenvalue weighted by atomic mass is 9.82. The van der Waals surface area contributed by atoms with Crippen molar-refractivity contribution >= 4 is 29.9 Å². The monoisotopic (exact) mass is 377 g/mol. The molecule has 1 heterocycles. The van der Waals surface area contributed by atoms with E-state index < -0.39 is 5.54 Å². The average Bonchev–Trinajstić information content (AvgIpc) is 3.15. The highest BCUT2D eigenvalue weighted by Crippen LogP contribution is 2.25. The number of carbonyl (C=O) groups excluding carboxylic acids is 2. The standard InChI is InChI=1S/C18H23N5O2.ClH/c19-18(9-2-1-3-10-18)17(25)20-13-16(24)22-14-5-7-15(8-6-14)23-12-4-11-21-23;/h4-8,11-12H,1-3,9-10,13,19H2,(H,20,25)(H,22,24);1H. The average molecular weight is 378 g/mol. The van der Waals surface area contributed by atoms with Crippen LogP contribution in [-0.2, 0) is 9.59 Å². The van der Waals surface area contributed by atoms with Gasteiger partial charge in [-0.1, -0.05) is 19.3 Å². The molecule has 1 aromatic heterocycles. The van der Waals surface area contributed by atoms with Gasteiger partial charge in [-0.15, -0.1) is 12.4 Å². The van der Waals surface area contributed by atoms with Gasteiger partial charge in [0, 0.05) is 18.1 Å². The maximum absolute atomic E-state index is 12.2. The molecule has 1 aromatic carbocycles. The van der Waals surface area contributed by atoms with Crippen LogP contribution in [0.15, 0.2) is 42.7 Å². The van der Waals surface area contributed by atoms with Crippen LogP contribution in [0.5, 0.6) is 0 Å². The van der Waals surface area contributed by atoms with Crippen LogP contribution in [0.3, 0.4) is 0 Å². The number of benzene rings is 1. The third-order valence-corrected chi connectivity index (χ3v) is 4.53. The molecular weight excluding hydrogens is 354 g/mol. The smallest absolute Gasteiger partial charge is 0.243 e. The zero-order valence-electron chi connectivity index (χ0n) is 14.5. The van der Waals surface area contributed by atoms with Gasteiger partial charge in [-0.25, -0.2) is 4.68 Å². The predicted octanol–water partition coefficient (Wildman–Crippen LogP) is 2.01. The van der Waals surface area contributed by atoms with Gasteiger partial charge in [0.15, 0.2) is 0 Å². The highest BCUT2D eigenvalue weighted by atomic mass is 35.5. The van der Waals surface area contributed by atoms with Crippen molar-refractivity contribution in [1.29, 1.82) is 0 Å². The fraction of sp³-hybridized carbons (Fsp3) is 0.389. The summed E-state index contributed by atoms with van der Waals surface area (Å²) in [6, 6.07) is 9.15. The number of hydrogen-bond donors (Lipinski definition) is 3. The van der Waals surface area contributed by atoms with Gasteiger partial charge in [0.2, 0.25) is 11.8 Å². The molecule has 1 saturated carbocycles. The van der Waals surface area contributed by atoms with Crippen LogP contribution < -0.4 is 16.4 Å². The van der Waals surface area contributed by atoms with Crippen molar-refractivity contribution in [3.8, 4) is 5.69 Å². The van der Waals surface area contributed by atoms with Gasteiger partial charge in [-0.3, -0.25) is 9.59 Å². The van der Waals surface area contributed by atoms with Gasteiger partial charge in [0.05, 0.1) is 17.8 Å². The van der Waals surface area contributed by atoms with Crippen LogP contribution in [0.4, 0.5) is 5.69 Å². The zero-order valence-corrected chi connectivity index (χ0v) is 15.3. The van der Waals surface area contributed by atoms with Crippen molar-refractivity contribution in [2.75, 3.05) is 11.9 Å². The minimum absolute atomic E-state index is 0. The van der Waals surface area contributed by atoms with E-state index in [9.17, 15) is 9.59 Å². The first-order valence-electron chi connectivity index (χ1n) is 8.54. The van der Waals surface area contributed by atoms with E-state index in [1.54, 1.807) is 23.0 Å². The Labute approximate surface area is 158 Å². The van der Waals surface area contributed by atoms with E-state index in [1.807, 2.05) is 24.4 Å². The molecule has 0 spiro atoms. The number of halogens is 1. The minimum atomic E-state index is -0.829. The van der Waals surface area contributed by atoms with Crippen LogP contribution in [0.1, 0.15) is 32.1 Å². The molecule has 0 unspecified atom stereocenters. The topological polar surface area (TPSA) is 102 Å². The Morgan fingerprint density at radius 2 is 1.85 bits per heavy atom. The highest BCUT2D eigenvalue weighted by Gasteiger charge is 2.35. The number of nitrogens with one attached hydrogen (secondary N) is 2. The molecule has 1 aliphatic rings. The summed E-state index contributed by atoms with van der Waals surface area (Å²) < 4.78 is 1.73. The zero-order chi connectivity index (χ0) is 17.7. The Hall–Kier alpha value is -2.38. The first-order valence-corrected chi connectivity index (χ1v) is 8.54. The second-order valence-corrected chi connectivity index (χ2v) is 6.45. The van der Waals surface area contributed by atoms with Crippen LogP contribution in [0, 0.1) is 0 Å². The lowest BCUT2D eigenvalue weighted by Crippen LogP contribution is -2.56. The number of hydrogen-bond acceptors (Lipinski definition) is 4. The van der Waals surface area contributed by atoms with Gasteiger partial charge in [0.25, 0.3) is 0 Å². The normalized spacial score (nSPS) is 15.6. The lowest BCUT2D eigenvalue weighted by molar-refractivity contribution is -0.129. The third-order valence-electron chi connectivity index (χ3n) is 4.53. The van der Waals surface area contributed by atoms with Gasteiger partial charge in [0.1, 0.15) is 0 Å². The molecule has 3 rings (SSSR count). The Balaban J connectivity index is 0.00000243. The quantitative estimate of drug-likeness (QED) is 0.741. The summed E-state index contributed by atoms with van der Waals surface area (Å²) in [5, 5.41) is 9.56. The molecule has 2 aromatic rings. The van der Waals surface area contributed by atoms with Crippen LogP contribution in [0.2, 0.25) is 0 Å². The van der Waals surface area contributed by atoms with Crippen LogP contribution in [-0.4, -0.2) is 33.7 Å². The Morgan fingerprint density at radius 3 is 2.46 bits per heavy atom. The molecule has 0 saturated heterocycles. The van der Waals surface area contributed by atoms with Crippen LogP contribution in [0.25, 0.3) is 5.69 Å². The van der Waals surface area contributed by atoms with Crippen molar-refractivity contribution in [3.63, 3.8) is 0 Å². The number of aromatic nitrogens is 2. The lowest BCUT2D eigenvalue weighted by Gasteiger charge is -2.31. The Morgan fingerprint density at radius 1 is 1.15 bits per heavy atom. The molecule has 2 amide bonds. The first-order chi connectivity index (χ1) is 12.1. The number of nitrogens with two attached hydrogens (primary N) is 1. The minimum Gasteiger partial charge on any atom is -0.345 e. The van der Waals surface area contributed by atoms with Crippen molar-refractivity contribution in [2.24, 2.45) is 5.73 Å². The fourth-order valence-electron chi connectivity index (χ4n) is 3.07. The molecular formula is C18H24ClN5O2. The van der Waals surface area contributed by atoms with Crippen molar-refractivity contribution in [1.82, 2.24) is 15.1 Å². The van der Waals surface area contributed by atoms with Gasteiger partial charge in [-0.2, -0.15) is 5.10 Å². The highest BCUT2D eigenvalue weighted by molar-refractivity contribution is 5.96. The molecule has 8 heteroatoms. The second-order valence-electron chi connectivity index (χ2n) is 6.45. The number of anilines is 1. The predicted molar refractivity (Wildman–Crippen MR) is 102 cm³/mol. The molecule has 0 atom stereocenters. The summed E-state index contributed by atoms with van der Waals surface area (Å²) in [7, 11) is 0. The molecule has 7 nitrogen and oxygen atoms in total. The first kappa shape index (κ1) is 19.9. The molecule has 0 bridgehead atoms. The largest absolute Gasteiger partial charge is 0.345 e. The summed E-state index contributed by atoms with van der Waals surface area (Å²) in [6.45, 7) is -0.0846. The molecule has 4 N–H and O–H groups in total. The van der Waals surface area contributed by atoms with Crippen molar-refractivity contribution in [3.05, 3.63) is 42.7 Å². The molecule has 1 fully saturated rings. The van der Waals surface area contributed by atoms with E-state index in [0.29, 0.717) is 18.5 Å². The maximum atomic E-state index is 12.2. The van der Waals surface area contributed by atoms with E-state index in [0.717, 1.165) is 24.9 Å². The van der Waals surface area contributed by atoms with E-state index >= 15 is 0 Å². The van der Waals surface area contributed by atoms with E-state index in [4.69, 9.17) is 5.73 Å². The summed E-state index contributed by atoms with van der Waals surface area (Å²) in [6.07, 6.45) is 7.93. The Bertz CT molecular complexity index is 725. The summed E-state index contributed by atoms with van der Waals surface area (Å²) in [4.78, 5) is 24.3. The molecule has 0 aliphatic heterocycles. The van der Waals surface area contributed by atoms with E-state index in [1.165, 1.54) is 0 Å². The molecule has 1 aliphatic carbocycles. The van der Waals surface area contributed by atoms with Gasteiger partial charge in [-0.05, 0) is 43.2 Å². The maximum Gasteiger partial charge on any atom is 0.243 e. The van der Waals surface area contributed by atoms with Crippen LogP contribution >= 0.6 is 12.4 Å². The summed E-state index contributed by atoms with van der Waals surface area (Å²) in [5.41, 5.74) is 6.89. The van der Waals surface area contributed by atoms with E-state index in [-0.39, 0.29) is 30.8 Å². The molecule has 140 valence electrons. The van der Waals surface area contributed by atoms with Crippen molar-refractivity contribution < 1.29 is 9.59 Å². The molecule has 0 radical (unpaired) electrons. The number of nitrogens with zero attached hydrogens (tertiary/aromatic N) is 2. The summed E-state index contributed by atoms with van der Waals surface area (Å²) >= 11 is 0. The SMILES string of the molecule is Cl.NC1(C(=O)NCC(=O)Nc2ccc(-n3cccn3)cc2)CCCCC1. The van der Waals surface area contributed by atoms with Gasteiger partial charge < -0.3 is 16.4 Å². The number of carbonyl (C=O) groups is 2. The second kappa shape index (κ2) is 8.82.